The van der Waals surface area contributed by atoms with Gasteiger partial charge in [-0.15, -0.1) is 0 Å². The highest BCUT2D eigenvalue weighted by atomic mass is 16.5. The zero-order chi connectivity index (χ0) is 23.1. The molecule has 1 aliphatic rings. The van der Waals surface area contributed by atoms with Crippen LogP contribution < -0.4 is 15.4 Å². The third kappa shape index (κ3) is 3.47. The summed E-state index contributed by atoms with van der Waals surface area (Å²) in [5.74, 6) is 0.00442. The molecule has 8 nitrogen and oxygen atoms in total. The van der Waals surface area contributed by atoms with Gasteiger partial charge in [-0.05, 0) is 47.5 Å². The van der Waals surface area contributed by atoms with Crippen LogP contribution in [-0.2, 0) is 7.05 Å². The van der Waals surface area contributed by atoms with Crippen molar-refractivity contribution in [3.05, 3.63) is 77.8 Å². The van der Waals surface area contributed by atoms with Gasteiger partial charge in [0, 0.05) is 43.1 Å². The van der Waals surface area contributed by atoms with Gasteiger partial charge in [-0.1, -0.05) is 18.2 Å². The van der Waals surface area contributed by atoms with E-state index in [9.17, 15) is 14.7 Å². The number of hydrogen-bond donors (Lipinski definition) is 3. The summed E-state index contributed by atoms with van der Waals surface area (Å²) in [6.07, 6.45) is 5.29. The van der Waals surface area contributed by atoms with Gasteiger partial charge in [-0.3, -0.25) is 4.79 Å². The van der Waals surface area contributed by atoms with Crippen LogP contribution in [0, 0.1) is 0 Å². The molecule has 0 spiro atoms. The quantitative estimate of drug-likeness (QED) is 0.412. The second-order valence-electron chi connectivity index (χ2n) is 7.62. The van der Waals surface area contributed by atoms with Crippen LogP contribution in [0.3, 0.4) is 0 Å². The molecule has 3 heterocycles. The normalized spacial score (nSPS) is 13.8. The topological polar surface area (TPSA) is 105 Å². The number of Topliss-reactive ketones (excluding diaryl/α,β-unsaturated/α-hetero) is 1. The molecule has 0 aliphatic carbocycles. The van der Waals surface area contributed by atoms with Crippen LogP contribution in [0.2, 0.25) is 0 Å². The smallest absolute Gasteiger partial charge is 0.318 e. The highest BCUT2D eigenvalue weighted by Gasteiger charge is 2.30. The van der Waals surface area contributed by atoms with Crippen molar-refractivity contribution in [2.45, 2.75) is 0 Å². The second kappa shape index (κ2) is 7.83. The summed E-state index contributed by atoms with van der Waals surface area (Å²) in [6.45, 7) is 0. The summed E-state index contributed by atoms with van der Waals surface area (Å²) in [6, 6.07) is 13.8. The van der Waals surface area contributed by atoms with E-state index >= 15 is 0 Å². The number of urea groups is 1. The molecular weight excluding hydrogens is 420 g/mol. The van der Waals surface area contributed by atoms with Gasteiger partial charge < -0.3 is 25.0 Å². The minimum atomic E-state index is -0.366. The highest BCUT2D eigenvalue weighted by molar-refractivity contribution is 6.17. The van der Waals surface area contributed by atoms with E-state index in [1.807, 2.05) is 48.1 Å². The van der Waals surface area contributed by atoms with Crippen LogP contribution in [0.1, 0.15) is 15.9 Å². The number of pyridine rings is 1. The molecule has 2 aromatic heterocycles. The van der Waals surface area contributed by atoms with Crippen molar-refractivity contribution in [2.24, 2.45) is 7.05 Å². The number of benzene rings is 2. The Morgan fingerprint density at radius 2 is 1.94 bits per heavy atom. The molecule has 0 unspecified atom stereocenters. The molecule has 1 aliphatic heterocycles. The van der Waals surface area contributed by atoms with E-state index in [0.717, 1.165) is 27.7 Å². The first-order valence-electron chi connectivity index (χ1n) is 10.3. The minimum Gasteiger partial charge on any atom is -0.507 e. The number of ketones is 1. The van der Waals surface area contributed by atoms with E-state index in [1.54, 1.807) is 31.5 Å². The predicted molar refractivity (Wildman–Crippen MR) is 125 cm³/mol. The lowest BCUT2D eigenvalue weighted by molar-refractivity contribution is 0.101. The van der Waals surface area contributed by atoms with E-state index in [0.29, 0.717) is 11.4 Å². The van der Waals surface area contributed by atoms with E-state index in [4.69, 9.17) is 4.74 Å². The van der Waals surface area contributed by atoms with Crippen LogP contribution in [0.5, 0.6) is 11.5 Å². The van der Waals surface area contributed by atoms with Gasteiger partial charge in [-0.2, -0.15) is 0 Å². The van der Waals surface area contributed by atoms with Crippen molar-refractivity contribution in [1.29, 1.82) is 0 Å². The van der Waals surface area contributed by atoms with Gasteiger partial charge in [0.25, 0.3) is 0 Å². The van der Waals surface area contributed by atoms with Crippen LogP contribution >= 0.6 is 0 Å². The molecule has 0 fully saturated rings. The monoisotopic (exact) mass is 440 g/mol. The number of carbonyl (C=O) groups is 2. The van der Waals surface area contributed by atoms with Gasteiger partial charge >= 0.3 is 6.03 Å². The molecule has 2 aromatic carbocycles. The van der Waals surface area contributed by atoms with Gasteiger partial charge in [0.1, 0.15) is 22.7 Å². The zero-order valence-corrected chi connectivity index (χ0v) is 17.9. The maximum absolute atomic E-state index is 12.9. The van der Waals surface area contributed by atoms with Crippen LogP contribution in [0.15, 0.2) is 66.7 Å². The fourth-order valence-corrected chi connectivity index (χ4v) is 3.97. The number of aryl methyl sites for hydroxylation is 1. The summed E-state index contributed by atoms with van der Waals surface area (Å²) >= 11 is 0. The van der Waals surface area contributed by atoms with E-state index < -0.39 is 0 Å². The number of allylic oxidation sites excluding steroid dienone is 1. The Hall–Kier alpha value is -4.59. The van der Waals surface area contributed by atoms with Crippen molar-refractivity contribution < 1.29 is 19.4 Å². The van der Waals surface area contributed by atoms with Gasteiger partial charge in [0.05, 0.1) is 0 Å². The number of aromatic hydroxyl groups is 1. The summed E-state index contributed by atoms with van der Waals surface area (Å²) in [5, 5.41) is 16.2. The molecule has 0 saturated heterocycles. The van der Waals surface area contributed by atoms with Gasteiger partial charge in [-0.25, -0.2) is 9.78 Å². The lowest BCUT2D eigenvalue weighted by Crippen LogP contribution is -2.24. The summed E-state index contributed by atoms with van der Waals surface area (Å²) < 4.78 is 7.63. The summed E-state index contributed by atoms with van der Waals surface area (Å²) in [4.78, 5) is 28.9. The van der Waals surface area contributed by atoms with E-state index in [1.165, 1.54) is 6.07 Å². The fourth-order valence-electron chi connectivity index (χ4n) is 3.97. The number of phenols is 1. The maximum atomic E-state index is 12.9. The molecule has 2 amide bonds. The Bertz CT molecular complexity index is 1450. The molecule has 0 saturated carbocycles. The number of fused-ring (bicyclic) bond motifs is 2. The number of amides is 2. The average Bonchev–Trinajstić information content (AvgIpc) is 3.31. The summed E-state index contributed by atoms with van der Waals surface area (Å²) in [5.41, 5.74) is 4.19. The Kier molecular flexibility index (Phi) is 4.82. The first-order chi connectivity index (χ1) is 16.0. The molecule has 0 radical (unpaired) electrons. The molecule has 3 N–H and O–H groups in total. The molecule has 0 bridgehead atoms. The number of anilines is 1. The van der Waals surface area contributed by atoms with Crippen molar-refractivity contribution in [1.82, 2.24) is 14.9 Å². The number of nitrogens with one attached hydrogen (secondary N) is 2. The van der Waals surface area contributed by atoms with Crippen LogP contribution in [0.25, 0.3) is 28.2 Å². The molecular formula is C25H20N4O4. The maximum Gasteiger partial charge on any atom is 0.318 e. The van der Waals surface area contributed by atoms with Crippen LogP contribution in [-0.4, -0.2) is 33.5 Å². The number of carbonyl (C=O) groups excluding carboxylic acids is 2. The third-order valence-electron chi connectivity index (χ3n) is 5.53. The lowest BCUT2D eigenvalue weighted by Gasteiger charge is -2.08. The minimum absolute atomic E-state index is 0.105. The van der Waals surface area contributed by atoms with E-state index in [2.05, 4.69) is 15.6 Å². The van der Waals surface area contributed by atoms with Crippen molar-refractivity contribution in [3.63, 3.8) is 0 Å². The number of hydrogen-bond acceptors (Lipinski definition) is 5. The van der Waals surface area contributed by atoms with Crippen molar-refractivity contribution >= 4 is 34.6 Å². The zero-order valence-electron chi connectivity index (χ0n) is 17.9. The van der Waals surface area contributed by atoms with Crippen molar-refractivity contribution in [3.8, 4) is 22.6 Å². The number of rotatable bonds is 3. The average molecular weight is 440 g/mol. The van der Waals surface area contributed by atoms with Crippen molar-refractivity contribution in [2.75, 3.05) is 12.4 Å². The lowest BCUT2D eigenvalue weighted by atomic mass is 10.00. The second-order valence-corrected chi connectivity index (χ2v) is 7.62. The van der Waals surface area contributed by atoms with Gasteiger partial charge in [0.2, 0.25) is 5.78 Å². The van der Waals surface area contributed by atoms with E-state index in [-0.39, 0.29) is 28.9 Å². The summed E-state index contributed by atoms with van der Waals surface area (Å²) in [7, 11) is 3.44. The number of ether oxygens (including phenoxy) is 1. The molecule has 0 atom stereocenters. The Balaban J connectivity index is 1.59. The predicted octanol–water partition coefficient (Wildman–Crippen LogP) is 4.31. The molecule has 5 rings (SSSR count). The Labute approximate surface area is 189 Å². The molecule has 4 aromatic rings. The largest absolute Gasteiger partial charge is 0.507 e. The number of nitrogens with zero attached hydrogens (tertiary/aromatic N) is 2. The fraction of sp³-hybridized carbons (Fsp3) is 0.0800. The Morgan fingerprint density at radius 1 is 1.15 bits per heavy atom. The molecule has 33 heavy (non-hydrogen) atoms. The first kappa shape index (κ1) is 20.3. The first-order valence-corrected chi connectivity index (χ1v) is 10.3. The number of phenolic OH excluding ortho intramolecular Hbond substituents is 1. The molecule has 164 valence electrons. The third-order valence-corrected chi connectivity index (χ3v) is 5.53. The van der Waals surface area contributed by atoms with Gasteiger partial charge in [0.15, 0.2) is 5.76 Å². The number of aromatic nitrogens is 2. The van der Waals surface area contributed by atoms with Crippen LogP contribution in [0.4, 0.5) is 10.5 Å². The standard InChI is InChI=1S/C25H20N4O4/c1-26-25(32)28-16-8-6-14(7-9-16)17-10-11-27-24-21(17)15(13-29(24)2)12-20-23(31)22-18(30)4-3-5-19(22)33-20/h3-13,30H,1-2H3,(H2,26,28,32)/b20-12-. The molecule has 8 heteroatoms. The Morgan fingerprint density at radius 3 is 2.67 bits per heavy atom. The SMILES string of the molecule is CNC(=O)Nc1ccc(-c2ccnc3c2c(/C=C2\Oc4cccc(O)c4C2=O)cn3C)cc1. The highest BCUT2D eigenvalue weighted by Crippen LogP contribution is 2.39.